The van der Waals surface area contributed by atoms with E-state index >= 15 is 0 Å². The molecule has 1 fully saturated rings. The zero-order valence-corrected chi connectivity index (χ0v) is 15.7. The molecule has 0 saturated carbocycles. The number of nitrogens with one attached hydrogen (secondary N) is 1. The first-order valence-electron chi connectivity index (χ1n) is 9.31. The quantitative estimate of drug-likeness (QED) is 0.698. The van der Waals surface area contributed by atoms with Crippen molar-refractivity contribution in [1.82, 2.24) is 19.7 Å². The third kappa shape index (κ3) is 4.66. The highest BCUT2D eigenvalue weighted by molar-refractivity contribution is 5.97. The van der Waals surface area contributed by atoms with Crippen molar-refractivity contribution in [2.24, 2.45) is 5.92 Å². The summed E-state index contributed by atoms with van der Waals surface area (Å²) in [5, 5.41) is 6.97. The number of carbonyl (C=O) groups excluding carboxylic acids is 2. The smallest absolute Gasteiger partial charge is 0.229 e. The Balaban J connectivity index is 1.37. The zero-order chi connectivity index (χ0) is 20.2. The van der Waals surface area contributed by atoms with Gasteiger partial charge in [-0.2, -0.15) is 5.10 Å². The van der Waals surface area contributed by atoms with E-state index < -0.39 is 5.92 Å². The first-order valence-corrected chi connectivity index (χ1v) is 9.31. The second-order valence-corrected chi connectivity index (χ2v) is 7.09. The van der Waals surface area contributed by atoms with Crippen molar-refractivity contribution in [2.45, 2.75) is 19.5 Å². The number of carbonyl (C=O) groups is 2. The number of hydrogen-bond donors (Lipinski definition) is 1. The molecule has 0 spiro atoms. The van der Waals surface area contributed by atoms with Gasteiger partial charge in [0, 0.05) is 25.2 Å². The number of anilines is 1. The van der Waals surface area contributed by atoms with Crippen LogP contribution >= 0.6 is 0 Å². The highest BCUT2D eigenvalue weighted by atomic mass is 19.1. The van der Waals surface area contributed by atoms with Gasteiger partial charge in [-0.3, -0.25) is 9.59 Å². The van der Waals surface area contributed by atoms with Gasteiger partial charge in [0.15, 0.2) is 0 Å². The van der Waals surface area contributed by atoms with Gasteiger partial charge in [0.05, 0.1) is 12.5 Å². The molecule has 4 rings (SSSR count). The number of rotatable bonds is 6. The van der Waals surface area contributed by atoms with Crippen LogP contribution in [0, 0.1) is 11.7 Å². The molecule has 0 bridgehead atoms. The lowest BCUT2D eigenvalue weighted by Crippen LogP contribution is -2.28. The molecule has 0 radical (unpaired) electrons. The van der Waals surface area contributed by atoms with Crippen LogP contribution in [0.3, 0.4) is 0 Å². The van der Waals surface area contributed by atoms with E-state index in [0.29, 0.717) is 30.9 Å². The monoisotopic (exact) mass is 393 g/mol. The Hall–Kier alpha value is -3.55. The Kier molecular flexibility index (Phi) is 5.33. The Bertz CT molecular complexity index is 1020. The molecule has 0 aliphatic carbocycles. The maximum atomic E-state index is 13.4. The molecule has 1 N–H and O–H groups in total. The minimum atomic E-state index is -0.435. The van der Waals surface area contributed by atoms with Crippen molar-refractivity contribution in [2.75, 3.05) is 11.9 Å². The molecule has 1 unspecified atom stereocenters. The first kappa shape index (κ1) is 18.8. The summed E-state index contributed by atoms with van der Waals surface area (Å²) >= 11 is 0. The van der Waals surface area contributed by atoms with E-state index in [1.807, 2.05) is 24.3 Å². The van der Waals surface area contributed by atoms with Crippen molar-refractivity contribution in [3.63, 3.8) is 0 Å². The summed E-state index contributed by atoms with van der Waals surface area (Å²) in [4.78, 5) is 30.5. The summed E-state index contributed by atoms with van der Waals surface area (Å²) in [6.45, 7) is 1.17. The van der Waals surface area contributed by atoms with Crippen LogP contribution < -0.4 is 5.32 Å². The van der Waals surface area contributed by atoms with Crippen LogP contribution in [0.1, 0.15) is 17.5 Å². The molecule has 7 nitrogen and oxygen atoms in total. The van der Waals surface area contributed by atoms with Gasteiger partial charge in [0.1, 0.15) is 18.5 Å². The lowest BCUT2D eigenvalue weighted by atomic mass is 10.1. The van der Waals surface area contributed by atoms with E-state index in [2.05, 4.69) is 15.4 Å². The summed E-state index contributed by atoms with van der Waals surface area (Å²) < 4.78 is 15.1. The predicted octanol–water partition coefficient (Wildman–Crippen LogP) is 2.45. The molecular formula is C21H20FN5O2. The average molecular weight is 393 g/mol. The van der Waals surface area contributed by atoms with Gasteiger partial charge < -0.3 is 10.2 Å². The van der Waals surface area contributed by atoms with E-state index in [1.165, 1.54) is 18.5 Å². The Morgan fingerprint density at radius 1 is 1.14 bits per heavy atom. The van der Waals surface area contributed by atoms with Crippen molar-refractivity contribution in [3.8, 4) is 0 Å². The van der Waals surface area contributed by atoms with Crippen molar-refractivity contribution in [3.05, 3.63) is 78.1 Å². The molecule has 1 aliphatic rings. The van der Waals surface area contributed by atoms with Crippen LogP contribution in [0.2, 0.25) is 0 Å². The normalized spacial score (nSPS) is 16.2. The SMILES string of the molecule is O=C(Nc1cccc(Cn2cncn2)c1)C1CC(=O)N(Cc2cccc(F)c2)C1. The van der Waals surface area contributed by atoms with Crippen LogP contribution in [0.15, 0.2) is 61.2 Å². The van der Waals surface area contributed by atoms with Crippen LogP contribution in [-0.2, 0) is 22.7 Å². The van der Waals surface area contributed by atoms with Crippen LogP contribution in [-0.4, -0.2) is 38.0 Å². The van der Waals surface area contributed by atoms with Gasteiger partial charge in [0.25, 0.3) is 0 Å². The maximum Gasteiger partial charge on any atom is 0.229 e. The van der Waals surface area contributed by atoms with Crippen molar-refractivity contribution < 1.29 is 14.0 Å². The van der Waals surface area contributed by atoms with E-state index in [4.69, 9.17) is 0 Å². The second-order valence-electron chi connectivity index (χ2n) is 7.09. The lowest BCUT2D eigenvalue weighted by molar-refractivity contribution is -0.128. The van der Waals surface area contributed by atoms with Gasteiger partial charge in [0.2, 0.25) is 11.8 Å². The molecule has 3 aromatic rings. The largest absolute Gasteiger partial charge is 0.338 e. The molecule has 1 aromatic heterocycles. The van der Waals surface area contributed by atoms with Crippen LogP contribution in [0.4, 0.5) is 10.1 Å². The average Bonchev–Trinajstić information content (AvgIpc) is 3.32. The molecule has 1 aliphatic heterocycles. The third-order valence-corrected chi connectivity index (χ3v) is 4.85. The number of likely N-dealkylation sites (tertiary alicyclic amines) is 1. The third-order valence-electron chi connectivity index (χ3n) is 4.85. The molecule has 148 valence electrons. The summed E-state index contributed by atoms with van der Waals surface area (Å²) in [6.07, 6.45) is 3.25. The number of halogens is 1. The number of nitrogens with zero attached hydrogens (tertiary/aromatic N) is 4. The lowest BCUT2D eigenvalue weighted by Gasteiger charge is -2.17. The summed E-state index contributed by atoms with van der Waals surface area (Å²) in [5.41, 5.74) is 2.35. The standard InChI is InChI=1S/C21H20FN5O2/c22-18-5-1-3-15(7-18)10-26-12-17(9-20(26)28)21(29)25-19-6-2-4-16(8-19)11-27-14-23-13-24-27/h1-8,13-14,17H,9-12H2,(H,25,29). The molecular weight excluding hydrogens is 373 g/mol. The molecule has 2 aromatic carbocycles. The molecule has 1 atom stereocenters. The Morgan fingerprint density at radius 3 is 2.69 bits per heavy atom. The maximum absolute atomic E-state index is 13.4. The molecule has 2 heterocycles. The fourth-order valence-electron chi connectivity index (χ4n) is 3.45. The van der Waals surface area contributed by atoms with E-state index in [0.717, 1.165) is 5.56 Å². The van der Waals surface area contributed by atoms with Gasteiger partial charge in [-0.25, -0.2) is 14.1 Å². The Labute approximate surface area is 167 Å². The number of aromatic nitrogens is 3. The number of benzene rings is 2. The van der Waals surface area contributed by atoms with Crippen molar-refractivity contribution in [1.29, 1.82) is 0 Å². The predicted molar refractivity (Wildman–Crippen MR) is 104 cm³/mol. The van der Waals surface area contributed by atoms with Gasteiger partial charge in [-0.1, -0.05) is 24.3 Å². The highest BCUT2D eigenvalue weighted by Crippen LogP contribution is 2.22. The summed E-state index contributed by atoms with van der Waals surface area (Å²) in [6, 6.07) is 13.6. The molecule has 8 heteroatoms. The molecule has 29 heavy (non-hydrogen) atoms. The van der Waals surface area contributed by atoms with Gasteiger partial charge in [-0.15, -0.1) is 0 Å². The molecule has 1 saturated heterocycles. The first-order chi connectivity index (χ1) is 14.1. The minimum Gasteiger partial charge on any atom is -0.338 e. The van der Waals surface area contributed by atoms with Crippen molar-refractivity contribution >= 4 is 17.5 Å². The summed E-state index contributed by atoms with van der Waals surface area (Å²) in [5.74, 6) is -1.07. The van der Waals surface area contributed by atoms with Crippen LogP contribution in [0.25, 0.3) is 0 Å². The summed E-state index contributed by atoms with van der Waals surface area (Å²) in [7, 11) is 0. The van der Waals surface area contributed by atoms with E-state index in [-0.39, 0.29) is 24.1 Å². The van der Waals surface area contributed by atoms with E-state index in [1.54, 1.807) is 28.0 Å². The fourth-order valence-corrected chi connectivity index (χ4v) is 3.45. The highest BCUT2D eigenvalue weighted by Gasteiger charge is 2.34. The molecule has 2 amide bonds. The van der Waals surface area contributed by atoms with Gasteiger partial charge in [-0.05, 0) is 35.4 Å². The minimum absolute atomic E-state index is 0.102. The van der Waals surface area contributed by atoms with Crippen LogP contribution in [0.5, 0.6) is 0 Å². The van der Waals surface area contributed by atoms with Gasteiger partial charge >= 0.3 is 0 Å². The number of hydrogen-bond acceptors (Lipinski definition) is 4. The topological polar surface area (TPSA) is 80.1 Å². The number of amides is 2. The fraction of sp³-hybridized carbons (Fsp3) is 0.238. The van der Waals surface area contributed by atoms with E-state index in [9.17, 15) is 14.0 Å². The second kappa shape index (κ2) is 8.22. The Morgan fingerprint density at radius 2 is 1.93 bits per heavy atom. The zero-order valence-electron chi connectivity index (χ0n) is 15.7.